The van der Waals surface area contributed by atoms with Gasteiger partial charge in [-0.05, 0) is 59.7 Å². The van der Waals surface area contributed by atoms with Crippen molar-refractivity contribution in [2.45, 2.75) is 6.18 Å². The van der Waals surface area contributed by atoms with E-state index < -0.39 is 23.5 Å². The highest BCUT2D eigenvalue weighted by atomic mass is 35.5. The Balaban J connectivity index is 2.18. The summed E-state index contributed by atoms with van der Waals surface area (Å²) in [5, 5.41) is 27.8. The molecule has 0 bridgehead atoms. The van der Waals surface area contributed by atoms with Crippen LogP contribution in [0.2, 0.25) is 5.02 Å². The Labute approximate surface area is 179 Å². The van der Waals surface area contributed by atoms with E-state index in [-0.39, 0.29) is 27.3 Å². The van der Waals surface area contributed by atoms with Gasteiger partial charge in [0.2, 0.25) is 0 Å². The van der Waals surface area contributed by atoms with Crippen molar-refractivity contribution in [1.29, 1.82) is 5.26 Å². The van der Waals surface area contributed by atoms with Crippen molar-refractivity contribution in [2.24, 2.45) is 0 Å². The van der Waals surface area contributed by atoms with Gasteiger partial charge in [0, 0.05) is 11.1 Å². The highest BCUT2D eigenvalue weighted by Gasteiger charge is 2.33. The molecule has 0 heterocycles. The van der Waals surface area contributed by atoms with E-state index in [1.165, 1.54) is 36.4 Å². The van der Waals surface area contributed by atoms with Gasteiger partial charge in [0.25, 0.3) is 0 Å². The second-order valence-electron chi connectivity index (χ2n) is 6.35. The number of nitrogens with zero attached hydrogens (tertiary/aromatic N) is 1. The molecule has 154 valence electrons. The zero-order valence-corrected chi connectivity index (χ0v) is 16.2. The summed E-state index contributed by atoms with van der Waals surface area (Å²) in [6.45, 7) is 0. The summed E-state index contributed by atoms with van der Waals surface area (Å²) in [5.41, 5.74) is -0.259. The summed E-state index contributed by atoms with van der Waals surface area (Å²) in [6, 6.07) is 13.1. The molecule has 0 fully saturated rings. The third-order valence-electron chi connectivity index (χ3n) is 4.31. The predicted molar refractivity (Wildman–Crippen MR) is 108 cm³/mol. The largest absolute Gasteiger partial charge is 0.508 e. The smallest absolute Gasteiger partial charge is 0.417 e. The Morgan fingerprint density at radius 2 is 1.58 bits per heavy atom. The molecule has 31 heavy (non-hydrogen) atoms. The van der Waals surface area contributed by atoms with Crippen molar-refractivity contribution >= 4 is 17.6 Å². The minimum Gasteiger partial charge on any atom is -0.508 e. The molecule has 0 aliphatic carbocycles. The highest BCUT2D eigenvalue weighted by Crippen LogP contribution is 2.34. The molecule has 3 aromatic rings. The maximum atomic E-state index is 13.3. The number of alkyl halides is 3. The van der Waals surface area contributed by atoms with Crippen LogP contribution in [0, 0.1) is 23.2 Å². The standard InChI is InChI=1S/C23H11ClF3NO3/c24-21-10-15(4-6-17(21)12-28)19-9-16(22(30)31)5-2-13(19)1-3-14-7-8-18(29)11-20(14)23(25,26)27/h2,4-11,29H,(H,30,31). The lowest BCUT2D eigenvalue weighted by molar-refractivity contribution is -0.137. The van der Waals surface area contributed by atoms with E-state index in [1.807, 2.05) is 6.07 Å². The lowest BCUT2D eigenvalue weighted by Crippen LogP contribution is -2.07. The number of hydrogen-bond acceptors (Lipinski definition) is 3. The molecule has 0 saturated carbocycles. The number of phenols is 1. The molecule has 0 aromatic heterocycles. The number of aromatic hydroxyl groups is 1. The molecule has 3 rings (SSSR count). The molecule has 0 unspecified atom stereocenters. The molecule has 8 heteroatoms. The summed E-state index contributed by atoms with van der Waals surface area (Å²) in [4.78, 5) is 11.4. The third kappa shape index (κ3) is 4.80. The molecule has 4 nitrogen and oxygen atoms in total. The maximum Gasteiger partial charge on any atom is 0.417 e. The van der Waals surface area contributed by atoms with Gasteiger partial charge in [-0.15, -0.1) is 0 Å². The van der Waals surface area contributed by atoms with Gasteiger partial charge in [-0.3, -0.25) is 0 Å². The topological polar surface area (TPSA) is 81.3 Å². The molecular formula is C23H11ClF3NO3. The number of rotatable bonds is 2. The van der Waals surface area contributed by atoms with Crippen molar-refractivity contribution in [3.8, 4) is 34.8 Å². The Kier molecular flexibility index (Phi) is 5.92. The van der Waals surface area contributed by atoms with Gasteiger partial charge in [0.1, 0.15) is 11.8 Å². The molecule has 0 aliphatic heterocycles. The number of benzene rings is 3. The minimum absolute atomic E-state index is 0.0540. The van der Waals surface area contributed by atoms with Gasteiger partial charge in [-0.2, -0.15) is 18.4 Å². The van der Waals surface area contributed by atoms with Crippen LogP contribution in [0.25, 0.3) is 11.1 Å². The SMILES string of the molecule is N#Cc1ccc(-c2cc(C(=O)O)ccc2C#Cc2ccc(O)cc2C(F)(F)F)cc1Cl. The summed E-state index contributed by atoms with van der Waals surface area (Å²) in [5.74, 6) is 3.35. The first-order valence-corrected chi connectivity index (χ1v) is 8.97. The fraction of sp³-hybridized carbons (Fsp3) is 0.0435. The number of carboxylic acids is 1. The zero-order chi connectivity index (χ0) is 22.8. The summed E-state index contributed by atoms with van der Waals surface area (Å²) < 4.78 is 39.8. The first-order valence-electron chi connectivity index (χ1n) is 8.59. The summed E-state index contributed by atoms with van der Waals surface area (Å²) in [6.07, 6.45) is -4.72. The molecule has 2 N–H and O–H groups in total. The van der Waals surface area contributed by atoms with Gasteiger partial charge in [-0.25, -0.2) is 4.79 Å². The van der Waals surface area contributed by atoms with E-state index in [0.717, 1.165) is 12.1 Å². The van der Waals surface area contributed by atoms with Crippen LogP contribution in [0.1, 0.15) is 32.6 Å². The number of halogens is 4. The maximum absolute atomic E-state index is 13.3. The van der Waals surface area contributed by atoms with E-state index in [2.05, 4.69) is 11.8 Å². The van der Waals surface area contributed by atoms with Crippen LogP contribution in [-0.2, 0) is 6.18 Å². The Bertz CT molecular complexity index is 1300. The first kappa shape index (κ1) is 21.8. The number of phenolic OH excluding ortho intramolecular Hbond substituents is 1. The number of aromatic carboxylic acids is 1. The number of carboxylic acid groups (broad SMARTS) is 1. The molecule has 0 amide bonds. The van der Waals surface area contributed by atoms with Crippen LogP contribution >= 0.6 is 11.6 Å². The van der Waals surface area contributed by atoms with Gasteiger partial charge in [0.15, 0.2) is 0 Å². The second kappa shape index (κ2) is 8.43. The van der Waals surface area contributed by atoms with E-state index in [1.54, 1.807) is 0 Å². The van der Waals surface area contributed by atoms with Crippen molar-refractivity contribution in [2.75, 3.05) is 0 Å². The van der Waals surface area contributed by atoms with E-state index in [9.17, 15) is 28.2 Å². The van der Waals surface area contributed by atoms with Crippen LogP contribution in [0.5, 0.6) is 5.75 Å². The highest BCUT2D eigenvalue weighted by molar-refractivity contribution is 6.32. The summed E-state index contributed by atoms with van der Waals surface area (Å²) in [7, 11) is 0. The number of nitriles is 1. The van der Waals surface area contributed by atoms with Crippen LogP contribution in [0.3, 0.4) is 0 Å². The molecule has 3 aromatic carbocycles. The normalized spacial score (nSPS) is 10.7. The van der Waals surface area contributed by atoms with Gasteiger partial charge in [0.05, 0.1) is 21.7 Å². The van der Waals surface area contributed by atoms with Crippen molar-refractivity contribution in [3.05, 3.63) is 87.4 Å². The quantitative estimate of drug-likeness (QED) is 0.500. The molecule has 0 saturated heterocycles. The monoisotopic (exact) mass is 441 g/mol. The second-order valence-corrected chi connectivity index (χ2v) is 6.76. The third-order valence-corrected chi connectivity index (χ3v) is 4.62. The summed E-state index contributed by atoms with van der Waals surface area (Å²) >= 11 is 6.07. The lowest BCUT2D eigenvalue weighted by Gasteiger charge is -2.10. The van der Waals surface area contributed by atoms with E-state index in [0.29, 0.717) is 17.2 Å². The molecule has 0 aliphatic rings. The Morgan fingerprint density at radius 3 is 2.19 bits per heavy atom. The van der Waals surface area contributed by atoms with Crippen LogP contribution in [0.15, 0.2) is 54.6 Å². The minimum atomic E-state index is -4.72. The molecule has 0 radical (unpaired) electrons. The van der Waals surface area contributed by atoms with Gasteiger partial charge in [-0.1, -0.05) is 29.5 Å². The first-order chi connectivity index (χ1) is 14.6. The van der Waals surface area contributed by atoms with Crippen molar-refractivity contribution in [3.63, 3.8) is 0 Å². The van der Waals surface area contributed by atoms with Crippen molar-refractivity contribution < 1.29 is 28.2 Å². The fourth-order valence-electron chi connectivity index (χ4n) is 2.81. The van der Waals surface area contributed by atoms with E-state index >= 15 is 0 Å². The number of hydrogen-bond donors (Lipinski definition) is 2. The molecule has 0 atom stereocenters. The fourth-order valence-corrected chi connectivity index (χ4v) is 3.03. The van der Waals surface area contributed by atoms with E-state index in [4.69, 9.17) is 16.9 Å². The number of carbonyl (C=O) groups is 1. The molecule has 0 spiro atoms. The van der Waals surface area contributed by atoms with Gasteiger partial charge < -0.3 is 10.2 Å². The predicted octanol–water partition coefficient (Wildman–Crippen LogP) is 5.70. The lowest BCUT2D eigenvalue weighted by atomic mass is 9.96. The van der Waals surface area contributed by atoms with Crippen molar-refractivity contribution in [1.82, 2.24) is 0 Å². The Hall–Kier alpha value is -3.94. The van der Waals surface area contributed by atoms with Crippen LogP contribution in [-0.4, -0.2) is 16.2 Å². The molecular weight excluding hydrogens is 431 g/mol. The van der Waals surface area contributed by atoms with Gasteiger partial charge >= 0.3 is 12.1 Å². The van der Waals surface area contributed by atoms with Crippen LogP contribution < -0.4 is 0 Å². The van der Waals surface area contributed by atoms with Crippen LogP contribution in [0.4, 0.5) is 13.2 Å². The average molecular weight is 442 g/mol. The Morgan fingerprint density at radius 1 is 0.935 bits per heavy atom. The average Bonchev–Trinajstić information content (AvgIpc) is 2.72. The zero-order valence-electron chi connectivity index (χ0n) is 15.5.